The molecule has 0 aliphatic heterocycles. The highest BCUT2D eigenvalue weighted by atomic mass is 16.5. The van der Waals surface area contributed by atoms with E-state index in [1.165, 1.54) is 5.56 Å². The van der Waals surface area contributed by atoms with Gasteiger partial charge in [-0.05, 0) is 36.6 Å². The number of carbonyl (C=O) groups is 1. The Hall–Kier alpha value is -2.49. The van der Waals surface area contributed by atoms with Crippen molar-refractivity contribution in [2.45, 2.75) is 26.2 Å². The maximum Gasteiger partial charge on any atom is 0.224 e. The Kier molecular flexibility index (Phi) is 5.63. The molecule has 0 saturated carbocycles. The number of anilines is 1. The van der Waals surface area contributed by atoms with Crippen LogP contribution >= 0.6 is 0 Å². The number of nitrogens with one attached hydrogen (secondary N) is 1. The molecule has 0 fully saturated rings. The van der Waals surface area contributed by atoms with Gasteiger partial charge in [-0.25, -0.2) is 0 Å². The highest BCUT2D eigenvalue weighted by Crippen LogP contribution is 2.32. The van der Waals surface area contributed by atoms with Crippen LogP contribution in [0.1, 0.15) is 30.4 Å². The zero-order valence-corrected chi connectivity index (χ0v) is 14.1. The summed E-state index contributed by atoms with van der Waals surface area (Å²) in [5, 5.41) is 2.93. The third-order valence-corrected chi connectivity index (χ3v) is 3.80. The van der Waals surface area contributed by atoms with Crippen molar-refractivity contribution < 1.29 is 14.3 Å². The van der Waals surface area contributed by atoms with Crippen LogP contribution in [-0.4, -0.2) is 20.1 Å². The lowest BCUT2D eigenvalue weighted by atomic mass is 9.96. The van der Waals surface area contributed by atoms with Crippen LogP contribution in [0.2, 0.25) is 0 Å². The highest BCUT2D eigenvalue weighted by molar-refractivity contribution is 5.91. The van der Waals surface area contributed by atoms with Crippen LogP contribution in [0.15, 0.2) is 42.5 Å². The van der Waals surface area contributed by atoms with Gasteiger partial charge in [0.15, 0.2) is 0 Å². The van der Waals surface area contributed by atoms with Gasteiger partial charge in [0, 0.05) is 18.2 Å². The van der Waals surface area contributed by atoms with E-state index in [4.69, 9.17) is 9.47 Å². The largest absolute Gasteiger partial charge is 0.497 e. The third kappa shape index (κ3) is 4.49. The normalized spacial score (nSPS) is 11.7. The Morgan fingerprint density at radius 1 is 1.09 bits per heavy atom. The second-order valence-corrected chi connectivity index (χ2v) is 5.63. The van der Waals surface area contributed by atoms with Gasteiger partial charge in [0.25, 0.3) is 0 Å². The van der Waals surface area contributed by atoms with Crippen LogP contribution in [-0.2, 0) is 4.79 Å². The summed E-state index contributed by atoms with van der Waals surface area (Å²) in [4.78, 5) is 12.2. The van der Waals surface area contributed by atoms with E-state index in [-0.39, 0.29) is 11.8 Å². The van der Waals surface area contributed by atoms with Gasteiger partial charge in [0.05, 0.1) is 14.2 Å². The van der Waals surface area contributed by atoms with E-state index in [2.05, 4.69) is 5.32 Å². The highest BCUT2D eigenvalue weighted by Gasteiger charge is 2.16. The van der Waals surface area contributed by atoms with E-state index in [9.17, 15) is 4.79 Å². The Labute approximate surface area is 137 Å². The molecule has 0 heterocycles. The minimum atomic E-state index is -0.0146. The standard InChI is InChI=1S/C19H23NO3/c1-13-5-7-15(8-6-13)20-19(21)11-14(2)17-10-9-16(22-3)12-18(17)23-4/h5-10,12,14H,11H2,1-4H3,(H,20,21). The van der Waals surface area contributed by atoms with E-state index < -0.39 is 0 Å². The Morgan fingerprint density at radius 2 is 1.78 bits per heavy atom. The second kappa shape index (κ2) is 7.68. The number of rotatable bonds is 6. The molecule has 0 radical (unpaired) electrons. The maximum atomic E-state index is 12.2. The zero-order chi connectivity index (χ0) is 16.8. The zero-order valence-electron chi connectivity index (χ0n) is 14.1. The van der Waals surface area contributed by atoms with Crippen molar-refractivity contribution in [3.8, 4) is 11.5 Å². The lowest BCUT2D eigenvalue weighted by Gasteiger charge is -2.16. The average molecular weight is 313 g/mol. The summed E-state index contributed by atoms with van der Waals surface area (Å²) >= 11 is 0. The molecule has 1 N–H and O–H groups in total. The lowest BCUT2D eigenvalue weighted by Crippen LogP contribution is -2.14. The first-order valence-electron chi connectivity index (χ1n) is 7.62. The molecule has 0 bridgehead atoms. The van der Waals surface area contributed by atoms with Crippen molar-refractivity contribution in [3.63, 3.8) is 0 Å². The van der Waals surface area contributed by atoms with Crippen molar-refractivity contribution in [3.05, 3.63) is 53.6 Å². The van der Waals surface area contributed by atoms with E-state index >= 15 is 0 Å². The SMILES string of the molecule is COc1ccc(C(C)CC(=O)Nc2ccc(C)cc2)c(OC)c1. The van der Waals surface area contributed by atoms with Gasteiger partial charge in [-0.15, -0.1) is 0 Å². The quantitative estimate of drug-likeness (QED) is 0.871. The predicted molar refractivity (Wildman–Crippen MR) is 92.4 cm³/mol. The van der Waals surface area contributed by atoms with Gasteiger partial charge < -0.3 is 14.8 Å². The smallest absolute Gasteiger partial charge is 0.224 e. The van der Waals surface area contributed by atoms with Crippen LogP contribution in [0, 0.1) is 6.92 Å². The minimum absolute atomic E-state index is 0.0146. The van der Waals surface area contributed by atoms with Gasteiger partial charge in [-0.1, -0.05) is 30.7 Å². The van der Waals surface area contributed by atoms with Crippen LogP contribution in [0.4, 0.5) is 5.69 Å². The molecule has 1 amide bonds. The van der Waals surface area contributed by atoms with Crippen molar-refractivity contribution >= 4 is 11.6 Å². The van der Waals surface area contributed by atoms with Crippen molar-refractivity contribution in [1.82, 2.24) is 0 Å². The van der Waals surface area contributed by atoms with Gasteiger partial charge in [-0.3, -0.25) is 4.79 Å². The van der Waals surface area contributed by atoms with E-state index in [0.29, 0.717) is 6.42 Å². The number of hydrogen-bond acceptors (Lipinski definition) is 3. The third-order valence-electron chi connectivity index (χ3n) is 3.80. The minimum Gasteiger partial charge on any atom is -0.497 e. The molecule has 4 heteroatoms. The average Bonchev–Trinajstić information content (AvgIpc) is 2.56. The molecule has 0 aromatic heterocycles. The number of hydrogen-bond donors (Lipinski definition) is 1. The van der Waals surface area contributed by atoms with Gasteiger partial charge in [0.2, 0.25) is 5.91 Å². The number of methoxy groups -OCH3 is 2. The molecule has 0 spiro atoms. The summed E-state index contributed by atoms with van der Waals surface area (Å²) in [6, 6.07) is 13.4. The fraction of sp³-hybridized carbons (Fsp3) is 0.316. The molecule has 2 aromatic carbocycles. The van der Waals surface area contributed by atoms with E-state index in [1.54, 1.807) is 14.2 Å². The van der Waals surface area contributed by atoms with Crippen LogP contribution in [0.5, 0.6) is 11.5 Å². The molecular formula is C19H23NO3. The lowest BCUT2D eigenvalue weighted by molar-refractivity contribution is -0.116. The topological polar surface area (TPSA) is 47.6 Å². The molecule has 1 atom stereocenters. The summed E-state index contributed by atoms with van der Waals surface area (Å²) in [5.41, 5.74) is 2.97. The first kappa shape index (κ1) is 16.9. The van der Waals surface area contributed by atoms with Crippen LogP contribution in [0.25, 0.3) is 0 Å². The number of ether oxygens (including phenoxy) is 2. The van der Waals surface area contributed by atoms with Gasteiger partial charge in [-0.2, -0.15) is 0 Å². The number of benzene rings is 2. The predicted octanol–water partition coefficient (Wildman–Crippen LogP) is 4.14. The van der Waals surface area contributed by atoms with Gasteiger partial charge >= 0.3 is 0 Å². The van der Waals surface area contributed by atoms with Crippen molar-refractivity contribution in [2.75, 3.05) is 19.5 Å². The molecule has 0 aliphatic rings. The molecule has 0 aliphatic carbocycles. The summed E-state index contributed by atoms with van der Waals surface area (Å²) in [6.07, 6.45) is 0.385. The Bertz CT molecular complexity index is 665. The van der Waals surface area contributed by atoms with Crippen molar-refractivity contribution in [1.29, 1.82) is 0 Å². The summed E-state index contributed by atoms with van der Waals surface area (Å²) in [5.74, 6) is 1.50. The molecule has 2 aromatic rings. The second-order valence-electron chi connectivity index (χ2n) is 5.63. The molecular weight excluding hydrogens is 290 g/mol. The fourth-order valence-corrected chi connectivity index (χ4v) is 2.46. The number of amides is 1. The Balaban J connectivity index is 2.04. The molecule has 1 unspecified atom stereocenters. The Morgan fingerprint density at radius 3 is 2.39 bits per heavy atom. The van der Waals surface area contributed by atoms with E-state index in [1.807, 2.05) is 56.3 Å². The first-order valence-corrected chi connectivity index (χ1v) is 7.62. The van der Waals surface area contributed by atoms with Gasteiger partial charge in [0.1, 0.15) is 11.5 Å². The molecule has 2 rings (SSSR count). The van der Waals surface area contributed by atoms with Crippen LogP contribution < -0.4 is 14.8 Å². The summed E-state index contributed by atoms with van der Waals surface area (Å²) in [6.45, 7) is 4.03. The molecule has 4 nitrogen and oxygen atoms in total. The number of aryl methyl sites for hydroxylation is 1. The molecule has 122 valence electrons. The summed E-state index contributed by atoms with van der Waals surface area (Å²) < 4.78 is 10.6. The molecule has 23 heavy (non-hydrogen) atoms. The monoisotopic (exact) mass is 313 g/mol. The number of carbonyl (C=O) groups excluding carboxylic acids is 1. The molecule has 0 saturated heterocycles. The van der Waals surface area contributed by atoms with E-state index in [0.717, 1.165) is 22.7 Å². The van der Waals surface area contributed by atoms with Crippen LogP contribution in [0.3, 0.4) is 0 Å². The maximum absolute atomic E-state index is 12.2. The fourth-order valence-electron chi connectivity index (χ4n) is 2.46. The first-order chi connectivity index (χ1) is 11.0. The van der Waals surface area contributed by atoms with Crippen molar-refractivity contribution in [2.24, 2.45) is 0 Å². The summed E-state index contributed by atoms with van der Waals surface area (Å²) in [7, 11) is 3.24.